The quantitative estimate of drug-likeness (QED) is 0.875. The van der Waals surface area contributed by atoms with Crippen LogP contribution in [0.3, 0.4) is 0 Å². The summed E-state index contributed by atoms with van der Waals surface area (Å²) in [5, 5.41) is 5.68. The fraction of sp³-hybridized carbons (Fsp3) is 0.467. The number of amides is 2. The molecule has 2 amide bonds. The van der Waals surface area contributed by atoms with Crippen molar-refractivity contribution in [3.05, 3.63) is 29.3 Å². The molecule has 102 valence electrons. The van der Waals surface area contributed by atoms with Crippen LogP contribution in [0, 0.1) is 12.8 Å². The molecule has 0 saturated carbocycles. The zero-order valence-corrected chi connectivity index (χ0v) is 11.6. The van der Waals surface area contributed by atoms with Crippen LogP contribution in [0.1, 0.15) is 37.3 Å². The maximum Gasteiger partial charge on any atom is 0.229 e. The van der Waals surface area contributed by atoms with Gasteiger partial charge in [-0.1, -0.05) is 32.0 Å². The molecule has 0 bridgehead atoms. The minimum atomic E-state index is -0.257. The van der Waals surface area contributed by atoms with E-state index < -0.39 is 0 Å². The minimum Gasteiger partial charge on any atom is -0.355 e. The predicted octanol–water partition coefficient (Wildman–Crippen LogP) is 2.19. The largest absolute Gasteiger partial charge is 0.355 e. The van der Waals surface area contributed by atoms with Crippen LogP contribution in [0.25, 0.3) is 0 Å². The van der Waals surface area contributed by atoms with Gasteiger partial charge in [-0.3, -0.25) is 9.59 Å². The number of aryl methyl sites for hydroxylation is 1. The Morgan fingerprint density at radius 3 is 2.74 bits per heavy atom. The van der Waals surface area contributed by atoms with Crippen LogP contribution in [-0.4, -0.2) is 18.4 Å². The number of anilines is 1. The van der Waals surface area contributed by atoms with Crippen LogP contribution >= 0.6 is 0 Å². The summed E-state index contributed by atoms with van der Waals surface area (Å²) < 4.78 is 0. The number of para-hydroxylation sites is 1. The molecule has 4 heteroatoms. The molecule has 2 rings (SSSR count). The van der Waals surface area contributed by atoms with Gasteiger partial charge >= 0.3 is 0 Å². The molecule has 2 N–H and O–H groups in total. The van der Waals surface area contributed by atoms with E-state index in [2.05, 4.69) is 24.5 Å². The smallest absolute Gasteiger partial charge is 0.229 e. The number of carbonyl (C=O) groups is 2. The summed E-state index contributed by atoms with van der Waals surface area (Å²) >= 11 is 0. The topological polar surface area (TPSA) is 58.2 Å². The van der Waals surface area contributed by atoms with Crippen molar-refractivity contribution in [2.45, 2.75) is 33.1 Å². The Morgan fingerprint density at radius 2 is 2.16 bits per heavy atom. The van der Waals surface area contributed by atoms with E-state index in [1.165, 1.54) is 0 Å². The van der Waals surface area contributed by atoms with Crippen molar-refractivity contribution in [1.82, 2.24) is 5.32 Å². The summed E-state index contributed by atoms with van der Waals surface area (Å²) in [5.41, 5.74) is 3.07. The molecule has 1 aliphatic rings. The Kier molecular flexibility index (Phi) is 3.88. The maximum absolute atomic E-state index is 12.2. The van der Waals surface area contributed by atoms with Gasteiger partial charge in [0.1, 0.15) is 0 Å². The highest BCUT2D eigenvalue weighted by Gasteiger charge is 2.28. The molecule has 1 aliphatic heterocycles. The van der Waals surface area contributed by atoms with Crippen LogP contribution in [-0.2, 0) is 9.59 Å². The van der Waals surface area contributed by atoms with Crippen molar-refractivity contribution in [3.8, 4) is 0 Å². The van der Waals surface area contributed by atoms with Crippen molar-refractivity contribution in [2.75, 3.05) is 11.9 Å². The van der Waals surface area contributed by atoms with E-state index in [4.69, 9.17) is 0 Å². The highest BCUT2D eigenvalue weighted by molar-refractivity contribution is 5.98. The Balaban J connectivity index is 2.19. The summed E-state index contributed by atoms with van der Waals surface area (Å²) in [6.45, 7) is 6.63. The predicted molar refractivity (Wildman–Crippen MR) is 75.0 cm³/mol. The SMILES string of the molecule is Cc1cccc(C(C)C)c1NC(=O)C1CNC(=O)C1. The number of carbonyl (C=O) groups excluding carboxylic acids is 2. The van der Waals surface area contributed by atoms with Gasteiger partial charge in [0.2, 0.25) is 11.8 Å². The van der Waals surface area contributed by atoms with Crippen molar-refractivity contribution in [1.29, 1.82) is 0 Å². The average molecular weight is 260 g/mol. The number of benzene rings is 1. The van der Waals surface area contributed by atoms with E-state index in [0.717, 1.165) is 16.8 Å². The van der Waals surface area contributed by atoms with Gasteiger partial charge in [-0.2, -0.15) is 0 Å². The molecule has 1 saturated heterocycles. The van der Waals surface area contributed by atoms with Crippen LogP contribution in [0.2, 0.25) is 0 Å². The molecule has 1 heterocycles. The Bertz CT molecular complexity index is 509. The third kappa shape index (κ3) is 2.95. The van der Waals surface area contributed by atoms with Gasteiger partial charge in [0.25, 0.3) is 0 Å². The molecule has 1 aromatic carbocycles. The highest BCUT2D eigenvalue weighted by atomic mass is 16.2. The van der Waals surface area contributed by atoms with Gasteiger partial charge < -0.3 is 10.6 Å². The molecule has 1 aromatic rings. The first kappa shape index (κ1) is 13.6. The fourth-order valence-corrected chi connectivity index (χ4v) is 2.36. The zero-order chi connectivity index (χ0) is 14.0. The van der Waals surface area contributed by atoms with Crippen LogP contribution < -0.4 is 10.6 Å². The third-order valence-corrected chi connectivity index (χ3v) is 3.52. The average Bonchev–Trinajstić information content (AvgIpc) is 2.78. The maximum atomic E-state index is 12.2. The van der Waals surface area contributed by atoms with E-state index in [0.29, 0.717) is 12.5 Å². The normalized spacial score (nSPS) is 18.5. The first-order valence-electron chi connectivity index (χ1n) is 6.66. The van der Waals surface area contributed by atoms with Crippen molar-refractivity contribution < 1.29 is 9.59 Å². The summed E-state index contributed by atoms with van der Waals surface area (Å²) in [5.74, 6) is -0.0331. The van der Waals surface area contributed by atoms with Gasteiger partial charge in [-0.25, -0.2) is 0 Å². The van der Waals surface area contributed by atoms with Crippen molar-refractivity contribution in [3.63, 3.8) is 0 Å². The van der Waals surface area contributed by atoms with E-state index in [1.807, 2.05) is 25.1 Å². The molecule has 4 nitrogen and oxygen atoms in total. The second-order valence-electron chi connectivity index (χ2n) is 5.39. The lowest BCUT2D eigenvalue weighted by Gasteiger charge is -2.17. The zero-order valence-electron chi connectivity index (χ0n) is 11.6. The van der Waals surface area contributed by atoms with Crippen LogP contribution in [0.4, 0.5) is 5.69 Å². The van der Waals surface area contributed by atoms with Crippen molar-refractivity contribution in [2.24, 2.45) is 5.92 Å². The standard InChI is InChI=1S/C15H20N2O2/c1-9(2)12-6-4-5-10(3)14(12)17-15(19)11-7-13(18)16-8-11/h4-6,9,11H,7-8H2,1-3H3,(H,16,18)(H,17,19). The van der Waals surface area contributed by atoms with Crippen LogP contribution in [0.15, 0.2) is 18.2 Å². The van der Waals surface area contributed by atoms with Gasteiger partial charge in [0, 0.05) is 18.7 Å². The molecular formula is C15H20N2O2. The van der Waals surface area contributed by atoms with Crippen LogP contribution in [0.5, 0.6) is 0 Å². The van der Waals surface area contributed by atoms with E-state index in [9.17, 15) is 9.59 Å². The first-order valence-corrected chi connectivity index (χ1v) is 6.66. The number of hydrogen-bond donors (Lipinski definition) is 2. The molecule has 0 aromatic heterocycles. The summed E-state index contributed by atoms with van der Waals surface area (Å²) in [7, 11) is 0. The van der Waals surface area contributed by atoms with Gasteiger partial charge in [0.15, 0.2) is 0 Å². The summed E-state index contributed by atoms with van der Waals surface area (Å²) in [6, 6.07) is 6.02. The molecular weight excluding hydrogens is 240 g/mol. The number of rotatable bonds is 3. The number of hydrogen-bond acceptors (Lipinski definition) is 2. The number of nitrogens with one attached hydrogen (secondary N) is 2. The monoisotopic (exact) mass is 260 g/mol. The minimum absolute atomic E-state index is 0.0472. The molecule has 1 fully saturated rings. The fourth-order valence-electron chi connectivity index (χ4n) is 2.36. The molecule has 0 radical (unpaired) electrons. The molecule has 1 unspecified atom stereocenters. The van der Waals surface area contributed by atoms with E-state index >= 15 is 0 Å². The third-order valence-electron chi connectivity index (χ3n) is 3.52. The van der Waals surface area contributed by atoms with Gasteiger partial charge in [-0.05, 0) is 24.0 Å². The lowest BCUT2D eigenvalue weighted by atomic mass is 9.97. The highest BCUT2D eigenvalue weighted by Crippen LogP contribution is 2.28. The Morgan fingerprint density at radius 1 is 1.42 bits per heavy atom. The summed E-state index contributed by atoms with van der Waals surface area (Å²) in [6.07, 6.45) is 0.286. The molecule has 1 atom stereocenters. The molecule has 0 aliphatic carbocycles. The molecule has 0 spiro atoms. The van der Waals surface area contributed by atoms with Crippen molar-refractivity contribution >= 4 is 17.5 Å². The Hall–Kier alpha value is -1.84. The van der Waals surface area contributed by atoms with Gasteiger partial charge in [-0.15, -0.1) is 0 Å². The Labute approximate surface area is 113 Å². The van der Waals surface area contributed by atoms with E-state index in [1.54, 1.807) is 0 Å². The van der Waals surface area contributed by atoms with E-state index in [-0.39, 0.29) is 24.2 Å². The first-order chi connectivity index (χ1) is 8.99. The lowest BCUT2D eigenvalue weighted by molar-refractivity contribution is -0.123. The summed E-state index contributed by atoms with van der Waals surface area (Å²) in [4.78, 5) is 23.3. The van der Waals surface area contributed by atoms with Gasteiger partial charge in [0.05, 0.1) is 5.92 Å². The second-order valence-corrected chi connectivity index (χ2v) is 5.39. The molecule has 19 heavy (non-hydrogen) atoms. The lowest BCUT2D eigenvalue weighted by Crippen LogP contribution is -2.25. The second kappa shape index (κ2) is 5.43.